The summed E-state index contributed by atoms with van der Waals surface area (Å²) in [7, 11) is 0. The van der Waals surface area contributed by atoms with Gasteiger partial charge in [0.05, 0.1) is 10.6 Å². The molecule has 0 bridgehead atoms. The summed E-state index contributed by atoms with van der Waals surface area (Å²) in [5, 5.41) is 0.686. The summed E-state index contributed by atoms with van der Waals surface area (Å²) in [5.41, 5.74) is 4.16. The van der Waals surface area contributed by atoms with Crippen LogP contribution in [0.15, 0.2) is 73.4 Å². The number of aryl methyl sites for hydroxylation is 2. The number of hydrogen-bond acceptors (Lipinski definition) is 4. The first kappa shape index (κ1) is 20.7. The van der Waals surface area contributed by atoms with E-state index >= 15 is 0 Å². The largest absolute Gasteiger partial charge is 0.457 e. The van der Waals surface area contributed by atoms with Crippen LogP contribution < -0.4 is 0 Å². The molecule has 6 heteroatoms. The van der Waals surface area contributed by atoms with Crippen LogP contribution in [0, 0.1) is 13.8 Å². The second-order valence-corrected chi connectivity index (χ2v) is 8.94. The van der Waals surface area contributed by atoms with Gasteiger partial charge in [0, 0.05) is 22.7 Å². The van der Waals surface area contributed by atoms with Crippen LogP contribution in [-0.2, 0) is 4.79 Å². The van der Waals surface area contributed by atoms with Crippen LogP contribution in [0.25, 0.3) is 17.4 Å². The molecule has 0 atom stereocenters. The van der Waals surface area contributed by atoms with Gasteiger partial charge in [-0.25, -0.2) is 4.99 Å². The molecule has 1 aliphatic rings. The lowest BCUT2D eigenvalue weighted by Gasteiger charge is -2.11. The molecule has 0 radical (unpaired) electrons. The Kier molecular flexibility index (Phi) is 5.97. The Bertz CT molecular complexity index is 1160. The van der Waals surface area contributed by atoms with E-state index in [0.717, 1.165) is 21.5 Å². The van der Waals surface area contributed by atoms with E-state index in [4.69, 9.17) is 4.42 Å². The number of rotatable bonds is 4. The van der Waals surface area contributed by atoms with Crippen molar-refractivity contribution in [2.75, 3.05) is 6.54 Å². The van der Waals surface area contributed by atoms with Crippen LogP contribution in [0.2, 0.25) is 0 Å². The van der Waals surface area contributed by atoms with Crippen molar-refractivity contribution in [2.24, 2.45) is 4.99 Å². The van der Waals surface area contributed by atoms with Crippen LogP contribution in [-0.4, -0.2) is 22.5 Å². The monoisotopic (exact) mass is 480 g/mol. The van der Waals surface area contributed by atoms with Crippen molar-refractivity contribution in [3.63, 3.8) is 0 Å². The lowest BCUT2D eigenvalue weighted by molar-refractivity contribution is -0.122. The van der Waals surface area contributed by atoms with Gasteiger partial charge in [0.2, 0.25) is 0 Å². The van der Waals surface area contributed by atoms with Gasteiger partial charge in [0.25, 0.3) is 5.91 Å². The third-order valence-corrected chi connectivity index (χ3v) is 6.42. The Hall–Kier alpha value is -2.57. The second-order valence-electron chi connectivity index (χ2n) is 7.08. The van der Waals surface area contributed by atoms with Gasteiger partial charge in [-0.2, -0.15) is 0 Å². The number of carbonyl (C=O) groups is 1. The quantitative estimate of drug-likeness (QED) is 0.379. The molecule has 0 N–H and O–H groups in total. The smallest absolute Gasteiger partial charge is 0.266 e. The Morgan fingerprint density at radius 1 is 1.07 bits per heavy atom. The fourth-order valence-corrected chi connectivity index (χ4v) is 4.86. The predicted molar refractivity (Wildman–Crippen MR) is 128 cm³/mol. The molecule has 1 fully saturated rings. The number of benzene rings is 2. The number of furan rings is 1. The summed E-state index contributed by atoms with van der Waals surface area (Å²) >= 11 is 4.97. The van der Waals surface area contributed by atoms with Gasteiger partial charge in [-0.05, 0) is 74.5 Å². The molecule has 30 heavy (non-hydrogen) atoms. The third-order valence-electron chi connectivity index (χ3n) is 4.75. The molecule has 1 aromatic heterocycles. The van der Waals surface area contributed by atoms with Crippen molar-refractivity contribution >= 4 is 50.5 Å². The highest BCUT2D eigenvalue weighted by atomic mass is 79.9. The summed E-state index contributed by atoms with van der Waals surface area (Å²) in [4.78, 5) is 19.8. The number of hydrogen-bond donors (Lipinski definition) is 0. The molecule has 0 aliphatic carbocycles. The highest BCUT2D eigenvalue weighted by molar-refractivity contribution is 9.10. The zero-order valence-corrected chi connectivity index (χ0v) is 19.4. The first-order valence-corrected chi connectivity index (χ1v) is 11.3. The van der Waals surface area contributed by atoms with E-state index in [1.54, 1.807) is 11.0 Å². The van der Waals surface area contributed by atoms with Gasteiger partial charge in [0.1, 0.15) is 11.5 Å². The number of halogens is 1. The van der Waals surface area contributed by atoms with Crippen LogP contribution in [0.3, 0.4) is 0 Å². The number of carbonyl (C=O) groups excluding carboxylic acids is 1. The van der Waals surface area contributed by atoms with Crippen LogP contribution in [0.5, 0.6) is 0 Å². The fourth-order valence-electron chi connectivity index (χ4n) is 3.12. The fraction of sp³-hybridized carbons (Fsp3) is 0.167. The molecule has 4 rings (SSSR count). The standard InChI is InChI=1S/C24H21BrN2O2S/c1-4-27-23(28)22(30-24(27)26-17-8-5-15(2)6-9-17)14-18-10-12-21(29-18)19-11-7-16(3)13-20(19)25/h5-14H,4H2,1-3H3/b22-14+,26-24?. The number of amides is 1. The molecule has 2 heterocycles. The van der Waals surface area contributed by atoms with Crippen molar-refractivity contribution < 1.29 is 9.21 Å². The van der Waals surface area contributed by atoms with Gasteiger partial charge in [-0.1, -0.05) is 39.7 Å². The van der Waals surface area contributed by atoms with Crippen molar-refractivity contribution in [1.29, 1.82) is 0 Å². The summed E-state index contributed by atoms with van der Waals surface area (Å²) < 4.78 is 6.98. The minimum Gasteiger partial charge on any atom is -0.457 e. The maximum atomic E-state index is 12.9. The van der Waals surface area contributed by atoms with Crippen molar-refractivity contribution in [2.45, 2.75) is 20.8 Å². The molecule has 1 amide bonds. The minimum absolute atomic E-state index is 0.0529. The maximum Gasteiger partial charge on any atom is 0.266 e. The summed E-state index contributed by atoms with van der Waals surface area (Å²) in [5.74, 6) is 1.34. The zero-order valence-electron chi connectivity index (χ0n) is 17.0. The number of likely N-dealkylation sites (N-methyl/N-ethyl adjacent to an activating group) is 1. The molecule has 0 saturated carbocycles. The molecule has 4 nitrogen and oxygen atoms in total. The van der Waals surface area contributed by atoms with Gasteiger partial charge in [0.15, 0.2) is 5.17 Å². The maximum absolute atomic E-state index is 12.9. The van der Waals surface area contributed by atoms with Gasteiger partial charge in [-0.3, -0.25) is 9.69 Å². The number of thioether (sulfide) groups is 1. The topological polar surface area (TPSA) is 45.8 Å². The molecule has 2 aromatic carbocycles. The van der Waals surface area contributed by atoms with Gasteiger partial charge < -0.3 is 4.42 Å². The van der Waals surface area contributed by atoms with Crippen LogP contribution in [0.4, 0.5) is 5.69 Å². The molecule has 152 valence electrons. The summed E-state index contributed by atoms with van der Waals surface area (Å²) in [6, 6.07) is 17.9. The average Bonchev–Trinajstić information content (AvgIpc) is 3.28. The van der Waals surface area contributed by atoms with Gasteiger partial charge >= 0.3 is 0 Å². The van der Waals surface area contributed by atoms with E-state index in [-0.39, 0.29) is 5.91 Å². The Balaban J connectivity index is 1.62. The predicted octanol–water partition coefficient (Wildman–Crippen LogP) is 6.95. The lowest BCUT2D eigenvalue weighted by Crippen LogP contribution is -2.28. The number of aliphatic imine (C=N–C) groups is 1. The molecule has 1 aliphatic heterocycles. The van der Waals surface area contributed by atoms with Crippen molar-refractivity contribution in [1.82, 2.24) is 4.90 Å². The van der Waals surface area contributed by atoms with Crippen LogP contribution in [0.1, 0.15) is 23.8 Å². The molecule has 0 spiro atoms. The Morgan fingerprint density at radius 2 is 1.80 bits per heavy atom. The highest BCUT2D eigenvalue weighted by Gasteiger charge is 2.32. The molecular weight excluding hydrogens is 460 g/mol. The highest BCUT2D eigenvalue weighted by Crippen LogP contribution is 2.36. The van der Waals surface area contributed by atoms with Crippen molar-refractivity contribution in [3.05, 3.63) is 80.9 Å². The normalized spacial score (nSPS) is 16.8. The number of nitrogens with zero attached hydrogens (tertiary/aromatic N) is 2. The van der Waals surface area contributed by atoms with E-state index in [1.807, 2.05) is 69.3 Å². The van der Waals surface area contributed by atoms with Crippen molar-refractivity contribution in [3.8, 4) is 11.3 Å². The van der Waals surface area contributed by atoms with E-state index in [1.165, 1.54) is 22.9 Å². The number of amidine groups is 1. The second kappa shape index (κ2) is 8.66. The zero-order chi connectivity index (χ0) is 21.3. The minimum atomic E-state index is -0.0529. The van der Waals surface area contributed by atoms with Crippen LogP contribution >= 0.6 is 27.7 Å². The Labute approximate surface area is 188 Å². The van der Waals surface area contributed by atoms with Gasteiger partial charge in [-0.15, -0.1) is 0 Å². The SMILES string of the molecule is CCN1C(=O)/C(=C\c2ccc(-c3ccc(C)cc3Br)o2)SC1=Nc1ccc(C)cc1. The molecule has 0 unspecified atom stereocenters. The van der Waals surface area contributed by atoms with E-state index < -0.39 is 0 Å². The lowest BCUT2D eigenvalue weighted by atomic mass is 10.1. The third kappa shape index (κ3) is 4.30. The molecule has 3 aromatic rings. The van der Waals surface area contributed by atoms with E-state index in [0.29, 0.717) is 22.4 Å². The Morgan fingerprint density at radius 3 is 2.50 bits per heavy atom. The first-order chi connectivity index (χ1) is 14.4. The van der Waals surface area contributed by atoms with E-state index in [9.17, 15) is 4.79 Å². The summed E-state index contributed by atoms with van der Waals surface area (Å²) in [6.07, 6.45) is 1.79. The molecular formula is C24H21BrN2O2S. The molecule has 1 saturated heterocycles. The summed E-state index contributed by atoms with van der Waals surface area (Å²) in [6.45, 7) is 6.60. The van der Waals surface area contributed by atoms with E-state index in [2.05, 4.69) is 27.0 Å². The average molecular weight is 481 g/mol. The first-order valence-electron chi connectivity index (χ1n) is 9.67.